The van der Waals surface area contributed by atoms with Gasteiger partial charge < -0.3 is 15.3 Å². The van der Waals surface area contributed by atoms with Crippen LogP contribution in [0.3, 0.4) is 0 Å². The number of hydrogen-bond acceptors (Lipinski definition) is 5. The fourth-order valence-corrected chi connectivity index (χ4v) is 5.61. The molecule has 0 aromatic heterocycles. The van der Waals surface area contributed by atoms with Crippen LogP contribution in [0.2, 0.25) is 0 Å². The van der Waals surface area contributed by atoms with Crippen LogP contribution in [-0.2, 0) is 36.2 Å². The molecule has 1 saturated carbocycles. The first-order valence-corrected chi connectivity index (χ1v) is 14.9. The van der Waals surface area contributed by atoms with Crippen LogP contribution >= 0.6 is 0 Å². The molecule has 2 aromatic rings. The average Bonchev–Trinajstić information content (AvgIpc) is 3.63. The molecular weight excluding hydrogens is 563 g/mol. The number of benzene rings is 2. The number of aryl methyl sites for hydroxylation is 1. The molecule has 3 N–H and O–H groups in total. The predicted octanol–water partition coefficient (Wildman–Crippen LogP) is 4.23. The van der Waals surface area contributed by atoms with Gasteiger partial charge >= 0.3 is 12.1 Å². The Balaban J connectivity index is 0.000000587. The number of amides is 2. The molecule has 1 aliphatic carbocycles. The number of alkyl halides is 3. The van der Waals surface area contributed by atoms with Crippen molar-refractivity contribution in [2.75, 3.05) is 24.4 Å². The van der Waals surface area contributed by atoms with Gasteiger partial charge in [0.1, 0.15) is 0 Å². The Labute approximate surface area is 237 Å². The van der Waals surface area contributed by atoms with Gasteiger partial charge in [0, 0.05) is 31.7 Å². The van der Waals surface area contributed by atoms with E-state index in [0.29, 0.717) is 25.2 Å². The Morgan fingerprint density at radius 3 is 2.15 bits per heavy atom. The van der Waals surface area contributed by atoms with Crippen molar-refractivity contribution in [3.63, 3.8) is 0 Å². The highest BCUT2D eigenvalue weighted by Crippen LogP contribution is 2.48. The highest BCUT2D eigenvalue weighted by atomic mass is 32.2. The van der Waals surface area contributed by atoms with Crippen molar-refractivity contribution in [2.24, 2.45) is 0 Å². The maximum atomic E-state index is 12.9. The number of sulfonamides is 1. The van der Waals surface area contributed by atoms with Gasteiger partial charge in [-0.05, 0) is 67.5 Å². The molecule has 2 amide bonds. The van der Waals surface area contributed by atoms with Crippen molar-refractivity contribution >= 4 is 33.5 Å². The number of hydrogen-bond donors (Lipinski definition) is 3. The average molecular weight is 598 g/mol. The van der Waals surface area contributed by atoms with Crippen molar-refractivity contribution < 1.29 is 41.1 Å². The van der Waals surface area contributed by atoms with Gasteiger partial charge in [-0.25, -0.2) is 13.2 Å². The van der Waals surface area contributed by atoms with Crippen molar-refractivity contribution in [1.82, 2.24) is 10.2 Å². The minimum Gasteiger partial charge on any atom is -0.475 e. The second-order valence-corrected chi connectivity index (χ2v) is 11.7. The summed E-state index contributed by atoms with van der Waals surface area (Å²) in [4.78, 5) is 35.5. The van der Waals surface area contributed by atoms with Crippen LogP contribution in [-0.4, -0.2) is 62.0 Å². The van der Waals surface area contributed by atoms with Crippen molar-refractivity contribution in [1.29, 1.82) is 0 Å². The lowest BCUT2D eigenvalue weighted by molar-refractivity contribution is -0.192. The predicted molar refractivity (Wildman–Crippen MR) is 146 cm³/mol. The third-order valence-corrected chi connectivity index (χ3v) is 8.35. The molecule has 9 nitrogen and oxygen atoms in total. The third-order valence-electron chi connectivity index (χ3n) is 6.95. The summed E-state index contributed by atoms with van der Waals surface area (Å²) in [6, 6.07) is 14.0. The molecule has 0 unspecified atom stereocenters. The summed E-state index contributed by atoms with van der Waals surface area (Å²) < 4.78 is 59.8. The first-order valence-electron chi connectivity index (χ1n) is 13.4. The van der Waals surface area contributed by atoms with E-state index in [1.165, 1.54) is 0 Å². The Hall–Kier alpha value is -3.61. The zero-order valence-electron chi connectivity index (χ0n) is 22.7. The summed E-state index contributed by atoms with van der Waals surface area (Å²) >= 11 is 0. The lowest BCUT2D eigenvalue weighted by atomic mass is 9.95. The fourth-order valence-electron chi connectivity index (χ4n) is 4.55. The molecule has 0 spiro atoms. The molecule has 41 heavy (non-hydrogen) atoms. The second-order valence-electron chi connectivity index (χ2n) is 10.1. The van der Waals surface area contributed by atoms with Crippen LogP contribution in [0.5, 0.6) is 0 Å². The van der Waals surface area contributed by atoms with E-state index >= 15 is 0 Å². The Morgan fingerprint density at radius 2 is 1.66 bits per heavy atom. The standard InChI is InChI=1S/C26H33N3O4S.C2HF3O2/c1-2-5-20-7-13-23(14-8-20)34(32,33)28-22-11-9-21(10-12-22)26(15-16-26)25(31)27-17-4-19-29-18-3-6-24(29)30;3-2(4,5)1(6)7/h7-14,28H,2-6,15-19H2,1H3,(H,27,31);(H,6,7). The monoisotopic (exact) mass is 597 g/mol. The molecule has 1 aliphatic heterocycles. The highest BCUT2D eigenvalue weighted by molar-refractivity contribution is 7.92. The molecule has 13 heteroatoms. The van der Waals surface area contributed by atoms with E-state index in [2.05, 4.69) is 17.0 Å². The Morgan fingerprint density at radius 1 is 1.05 bits per heavy atom. The number of carboxylic acid groups (broad SMARTS) is 1. The molecule has 1 heterocycles. The van der Waals surface area contributed by atoms with E-state index in [9.17, 15) is 31.2 Å². The molecule has 1 saturated heterocycles. The Kier molecular flexibility index (Phi) is 10.4. The number of halogens is 3. The fraction of sp³-hybridized carbons (Fsp3) is 0.464. The number of nitrogens with zero attached hydrogens (tertiary/aromatic N) is 1. The molecular formula is C28H34F3N3O6S. The molecule has 0 bridgehead atoms. The summed E-state index contributed by atoms with van der Waals surface area (Å²) in [5.41, 5.74) is 1.94. The topological polar surface area (TPSA) is 133 Å². The lowest BCUT2D eigenvalue weighted by Crippen LogP contribution is -2.36. The zero-order valence-corrected chi connectivity index (χ0v) is 23.5. The van der Waals surface area contributed by atoms with Crippen molar-refractivity contribution in [3.8, 4) is 0 Å². The van der Waals surface area contributed by atoms with E-state index in [1.807, 2.05) is 29.2 Å². The highest BCUT2D eigenvalue weighted by Gasteiger charge is 2.51. The van der Waals surface area contributed by atoms with Gasteiger partial charge in [-0.3, -0.25) is 14.3 Å². The van der Waals surface area contributed by atoms with Crippen LogP contribution in [0.4, 0.5) is 18.9 Å². The maximum Gasteiger partial charge on any atom is 0.490 e. The van der Waals surface area contributed by atoms with Crippen LogP contribution in [0.15, 0.2) is 53.4 Å². The third kappa shape index (κ3) is 8.69. The van der Waals surface area contributed by atoms with Gasteiger partial charge in [0.15, 0.2) is 0 Å². The summed E-state index contributed by atoms with van der Waals surface area (Å²) in [6.45, 7) is 4.13. The second kappa shape index (κ2) is 13.4. The number of nitrogens with one attached hydrogen (secondary N) is 2. The number of rotatable bonds is 11. The summed E-state index contributed by atoms with van der Waals surface area (Å²) in [5.74, 6) is -2.55. The van der Waals surface area contributed by atoms with E-state index in [4.69, 9.17) is 9.90 Å². The summed E-state index contributed by atoms with van der Waals surface area (Å²) in [7, 11) is -3.68. The molecule has 2 aliphatic rings. The van der Waals surface area contributed by atoms with Crippen LogP contribution in [0.1, 0.15) is 56.6 Å². The van der Waals surface area contributed by atoms with Crippen molar-refractivity contribution in [3.05, 3.63) is 59.7 Å². The number of anilines is 1. The smallest absolute Gasteiger partial charge is 0.475 e. The minimum absolute atomic E-state index is 0.000693. The van der Waals surface area contributed by atoms with Crippen LogP contribution < -0.4 is 10.0 Å². The molecule has 224 valence electrons. The first-order chi connectivity index (χ1) is 19.3. The van der Waals surface area contributed by atoms with Gasteiger partial charge in [0.2, 0.25) is 11.8 Å². The number of likely N-dealkylation sites (tertiary alicyclic amines) is 1. The van der Waals surface area contributed by atoms with Crippen molar-refractivity contribution in [2.45, 2.75) is 68.4 Å². The molecule has 2 fully saturated rings. The van der Waals surface area contributed by atoms with E-state index in [0.717, 1.165) is 56.2 Å². The van der Waals surface area contributed by atoms with Gasteiger partial charge in [0.25, 0.3) is 10.0 Å². The lowest BCUT2D eigenvalue weighted by Gasteiger charge is -2.18. The summed E-state index contributed by atoms with van der Waals surface area (Å²) in [5, 5.41) is 10.1. The van der Waals surface area contributed by atoms with Crippen LogP contribution in [0, 0.1) is 0 Å². The van der Waals surface area contributed by atoms with E-state index in [-0.39, 0.29) is 16.7 Å². The molecule has 2 aromatic carbocycles. The van der Waals surface area contributed by atoms with Gasteiger partial charge in [-0.15, -0.1) is 0 Å². The molecule has 0 radical (unpaired) electrons. The van der Waals surface area contributed by atoms with E-state index in [1.54, 1.807) is 24.3 Å². The SMILES string of the molecule is CCCc1ccc(S(=O)(=O)Nc2ccc(C3(C(=O)NCCCN4CCCC4=O)CC3)cc2)cc1.O=C(O)C(F)(F)F. The van der Waals surface area contributed by atoms with Gasteiger partial charge in [-0.1, -0.05) is 37.6 Å². The van der Waals surface area contributed by atoms with Gasteiger partial charge in [0.05, 0.1) is 10.3 Å². The number of carbonyl (C=O) groups is 3. The maximum absolute atomic E-state index is 12.9. The largest absolute Gasteiger partial charge is 0.490 e. The number of carbonyl (C=O) groups excluding carboxylic acids is 2. The van der Waals surface area contributed by atoms with Gasteiger partial charge in [-0.2, -0.15) is 13.2 Å². The minimum atomic E-state index is -5.08. The van der Waals surface area contributed by atoms with Crippen LogP contribution in [0.25, 0.3) is 0 Å². The normalized spacial score (nSPS) is 16.0. The molecule has 4 rings (SSSR count). The number of carboxylic acids is 1. The first kappa shape index (κ1) is 31.9. The molecule has 0 atom stereocenters. The number of aliphatic carboxylic acids is 1. The Bertz CT molecular complexity index is 1330. The summed E-state index contributed by atoms with van der Waals surface area (Å²) in [6.07, 6.45) is 0.696. The van der Waals surface area contributed by atoms with E-state index < -0.39 is 27.6 Å². The quantitative estimate of drug-likeness (QED) is 0.332. The zero-order chi connectivity index (χ0) is 30.3.